The van der Waals surface area contributed by atoms with Gasteiger partial charge in [-0.05, 0) is 36.8 Å². The predicted molar refractivity (Wildman–Crippen MR) is 86.7 cm³/mol. The molecule has 0 unspecified atom stereocenters. The molecule has 22 heavy (non-hydrogen) atoms. The Kier molecular flexibility index (Phi) is 5.03. The van der Waals surface area contributed by atoms with Crippen molar-refractivity contribution in [3.8, 4) is 0 Å². The summed E-state index contributed by atoms with van der Waals surface area (Å²) >= 11 is 3.38. The normalized spacial score (nSPS) is 10.5. The van der Waals surface area contributed by atoms with Crippen molar-refractivity contribution in [2.75, 3.05) is 6.54 Å². The van der Waals surface area contributed by atoms with Gasteiger partial charge in [0.25, 0.3) is 5.91 Å². The Hall–Kier alpha value is -2.08. The molecule has 0 aliphatic rings. The van der Waals surface area contributed by atoms with Crippen LogP contribution < -0.4 is 0 Å². The number of rotatable bonds is 5. The number of hydrogen-bond acceptors (Lipinski definition) is 2. The summed E-state index contributed by atoms with van der Waals surface area (Å²) in [6.45, 7) is 1.80. The average molecular weight is 365 g/mol. The minimum Gasteiger partial charge on any atom is -0.480 e. The molecule has 0 atom stereocenters. The molecule has 1 aromatic heterocycles. The number of aliphatic carboxylic acids is 1. The van der Waals surface area contributed by atoms with Crippen molar-refractivity contribution in [3.63, 3.8) is 0 Å². The number of benzene rings is 1. The lowest BCUT2D eigenvalue weighted by Gasteiger charge is -2.21. The Morgan fingerprint density at radius 3 is 2.55 bits per heavy atom. The zero-order valence-corrected chi connectivity index (χ0v) is 14.0. The largest absolute Gasteiger partial charge is 0.480 e. The van der Waals surface area contributed by atoms with E-state index < -0.39 is 5.97 Å². The van der Waals surface area contributed by atoms with Gasteiger partial charge in [0.2, 0.25) is 0 Å². The van der Waals surface area contributed by atoms with E-state index in [0.29, 0.717) is 5.69 Å². The first kappa shape index (κ1) is 16.3. The van der Waals surface area contributed by atoms with Crippen LogP contribution >= 0.6 is 15.9 Å². The molecule has 5 nitrogen and oxygen atoms in total. The van der Waals surface area contributed by atoms with Gasteiger partial charge in [0.1, 0.15) is 12.2 Å². The van der Waals surface area contributed by atoms with Gasteiger partial charge in [-0.1, -0.05) is 28.1 Å². The van der Waals surface area contributed by atoms with Crippen molar-refractivity contribution in [2.24, 2.45) is 7.05 Å². The van der Waals surface area contributed by atoms with Gasteiger partial charge < -0.3 is 14.6 Å². The first-order valence-corrected chi connectivity index (χ1v) is 7.55. The lowest BCUT2D eigenvalue weighted by Crippen LogP contribution is -2.36. The molecule has 0 spiro atoms. The van der Waals surface area contributed by atoms with E-state index in [4.69, 9.17) is 5.11 Å². The van der Waals surface area contributed by atoms with Crippen LogP contribution in [-0.4, -0.2) is 33.0 Å². The number of aromatic nitrogens is 1. The molecule has 0 aliphatic carbocycles. The number of carbonyl (C=O) groups is 2. The second-order valence-electron chi connectivity index (χ2n) is 5.10. The maximum atomic E-state index is 12.6. The second-order valence-corrected chi connectivity index (χ2v) is 6.02. The first-order chi connectivity index (χ1) is 10.4. The zero-order chi connectivity index (χ0) is 16.3. The van der Waals surface area contributed by atoms with Crippen molar-refractivity contribution in [1.82, 2.24) is 9.47 Å². The smallest absolute Gasteiger partial charge is 0.323 e. The maximum Gasteiger partial charge on any atom is 0.323 e. The van der Waals surface area contributed by atoms with E-state index in [9.17, 15) is 9.59 Å². The number of hydrogen-bond donors (Lipinski definition) is 1. The summed E-state index contributed by atoms with van der Waals surface area (Å²) in [6, 6.07) is 11.0. The van der Waals surface area contributed by atoms with Crippen molar-refractivity contribution >= 4 is 27.8 Å². The van der Waals surface area contributed by atoms with Crippen LogP contribution in [0.15, 0.2) is 40.9 Å². The van der Waals surface area contributed by atoms with Gasteiger partial charge in [0, 0.05) is 23.8 Å². The molecule has 0 fully saturated rings. The highest BCUT2D eigenvalue weighted by atomic mass is 79.9. The summed E-state index contributed by atoms with van der Waals surface area (Å²) in [4.78, 5) is 25.0. The fourth-order valence-corrected chi connectivity index (χ4v) is 2.66. The highest BCUT2D eigenvalue weighted by Crippen LogP contribution is 2.16. The van der Waals surface area contributed by atoms with Crippen LogP contribution in [-0.2, 0) is 18.4 Å². The summed E-state index contributed by atoms with van der Waals surface area (Å²) < 4.78 is 2.65. The Labute approximate surface area is 137 Å². The number of amides is 1. The van der Waals surface area contributed by atoms with Crippen molar-refractivity contribution < 1.29 is 14.7 Å². The van der Waals surface area contributed by atoms with Crippen LogP contribution in [0, 0.1) is 6.92 Å². The molecule has 2 rings (SSSR count). The standard InChI is InChI=1S/C16H17BrN2O3/c1-11-6-7-14(18(11)2)16(22)19(10-15(20)21)9-12-4-3-5-13(17)8-12/h3-8H,9-10H2,1-2H3,(H,20,21). The lowest BCUT2D eigenvalue weighted by atomic mass is 10.2. The van der Waals surface area contributed by atoms with Crippen LogP contribution in [0.2, 0.25) is 0 Å². The monoisotopic (exact) mass is 364 g/mol. The molecular weight excluding hydrogens is 348 g/mol. The highest BCUT2D eigenvalue weighted by Gasteiger charge is 2.21. The van der Waals surface area contributed by atoms with Gasteiger partial charge in [0.05, 0.1) is 0 Å². The first-order valence-electron chi connectivity index (χ1n) is 6.76. The molecule has 1 N–H and O–H groups in total. The minimum absolute atomic E-state index is 0.245. The molecule has 1 aromatic carbocycles. The Bertz CT molecular complexity index is 709. The third kappa shape index (κ3) is 3.76. The van der Waals surface area contributed by atoms with Crippen molar-refractivity contribution in [1.29, 1.82) is 0 Å². The summed E-state index contributed by atoms with van der Waals surface area (Å²) in [6.07, 6.45) is 0. The third-order valence-corrected chi connectivity index (χ3v) is 3.96. The van der Waals surface area contributed by atoms with Crippen molar-refractivity contribution in [2.45, 2.75) is 13.5 Å². The summed E-state index contributed by atoms with van der Waals surface area (Å²) in [5.74, 6) is -1.33. The average Bonchev–Trinajstić information content (AvgIpc) is 2.77. The summed E-state index contributed by atoms with van der Waals surface area (Å²) in [5.41, 5.74) is 2.30. The fourth-order valence-electron chi connectivity index (χ4n) is 2.21. The Morgan fingerprint density at radius 1 is 1.27 bits per heavy atom. The van der Waals surface area contributed by atoms with E-state index in [1.165, 1.54) is 4.90 Å². The Morgan fingerprint density at radius 2 is 2.00 bits per heavy atom. The number of carboxylic acids is 1. The fraction of sp³-hybridized carbons (Fsp3) is 0.250. The van der Waals surface area contributed by atoms with E-state index in [1.54, 1.807) is 17.7 Å². The maximum absolute atomic E-state index is 12.6. The van der Waals surface area contributed by atoms with Gasteiger partial charge >= 0.3 is 5.97 Å². The van der Waals surface area contributed by atoms with E-state index in [0.717, 1.165) is 15.7 Å². The second kappa shape index (κ2) is 6.79. The van der Waals surface area contributed by atoms with E-state index in [1.807, 2.05) is 37.3 Å². The zero-order valence-electron chi connectivity index (χ0n) is 12.4. The molecule has 116 valence electrons. The van der Waals surface area contributed by atoms with E-state index >= 15 is 0 Å². The molecule has 2 aromatic rings. The van der Waals surface area contributed by atoms with Gasteiger partial charge in [-0.25, -0.2) is 0 Å². The van der Waals surface area contributed by atoms with Gasteiger partial charge in [-0.3, -0.25) is 9.59 Å². The molecule has 1 heterocycles. The molecule has 0 saturated heterocycles. The van der Waals surface area contributed by atoms with Gasteiger partial charge in [-0.2, -0.15) is 0 Å². The highest BCUT2D eigenvalue weighted by molar-refractivity contribution is 9.10. The van der Waals surface area contributed by atoms with Crippen LogP contribution in [0.5, 0.6) is 0 Å². The number of aryl methyl sites for hydroxylation is 1. The van der Waals surface area contributed by atoms with Crippen LogP contribution in [0.4, 0.5) is 0 Å². The van der Waals surface area contributed by atoms with Gasteiger partial charge in [0.15, 0.2) is 0 Å². The van der Waals surface area contributed by atoms with Crippen LogP contribution in [0.3, 0.4) is 0 Å². The van der Waals surface area contributed by atoms with E-state index in [-0.39, 0.29) is 19.0 Å². The Balaban J connectivity index is 2.27. The molecule has 6 heteroatoms. The molecule has 0 saturated carbocycles. The predicted octanol–water partition coefficient (Wildman–Crippen LogP) is 2.82. The SMILES string of the molecule is Cc1ccc(C(=O)N(CC(=O)O)Cc2cccc(Br)c2)n1C. The number of carboxylic acid groups (broad SMARTS) is 1. The third-order valence-electron chi connectivity index (χ3n) is 3.47. The molecule has 1 amide bonds. The molecular formula is C16H17BrN2O3. The van der Waals surface area contributed by atoms with Gasteiger partial charge in [-0.15, -0.1) is 0 Å². The molecule has 0 bridgehead atoms. The summed E-state index contributed by atoms with van der Waals surface area (Å²) in [7, 11) is 1.79. The molecule has 0 aliphatic heterocycles. The van der Waals surface area contributed by atoms with Crippen molar-refractivity contribution in [3.05, 3.63) is 57.8 Å². The topological polar surface area (TPSA) is 62.5 Å². The minimum atomic E-state index is -1.03. The molecule has 0 radical (unpaired) electrons. The van der Waals surface area contributed by atoms with Crippen LogP contribution in [0.1, 0.15) is 21.7 Å². The van der Waals surface area contributed by atoms with Crippen LogP contribution in [0.25, 0.3) is 0 Å². The summed E-state index contributed by atoms with van der Waals surface area (Å²) in [5, 5.41) is 9.08. The number of nitrogens with zero attached hydrogens (tertiary/aromatic N) is 2. The number of halogens is 1. The lowest BCUT2D eigenvalue weighted by molar-refractivity contribution is -0.137. The van der Waals surface area contributed by atoms with E-state index in [2.05, 4.69) is 15.9 Å². The number of carbonyl (C=O) groups excluding carboxylic acids is 1. The quantitative estimate of drug-likeness (QED) is 0.886.